The van der Waals surface area contributed by atoms with Crippen molar-refractivity contribution in [1.82, 2.24) is 29.5 Å². The molecule has 1 N–H and O–H groups in total. The summed E-state index contributed by atoms with van der Waals surface area (Å²) in [6, 6.07) is 4.97. The summed E-state index contributed by atoms with van der Waals surface area (Å²) in [5.41, 5.74) is 0.0462. The Bertz CT molecular complexity index is 876. The van der Waals surface area contributed by atoms with Gasteiger partial charge in [0.2, 0.25) is 6.17 Å². The molecule has 11 heteroatoms. The fraction of sp³-hybridized carbons (Fsp3) is 0.412. The molecule has 7 nitrogen and oxygen atoms in total. The molecule has 0 saturated carbocycles. The molecule has 1 aromatic carbocycles. The lowest BCUT2D eigenvalue weighted by atomic mass is 10.1. The molecule has 0 bridgehead atoms. The van der Waals surface area contributed by atoms with Crippen LogP contribution in [0.15, 0.2) is 36.9 Å². The first kappa shape index (κ1) is 19.9. The van der Waals surface area contributed by atoms with Crippen LogP contribution < -0.4 is 0 Å². The van der Waals surface area contributed by atoms with Gasteiger partial charge in [0, 0.05) is 18.7 Å². The van der Waals surface area contributed by atoms with E-state index < -0.39 is 17.9 Å². The number of hydrogen-bond acceptors (Lipinski definition) is 5. The van der Waals surface area contributed by atoms with E-state index in [1.165, 1.54) is 29.5 Å². The second-order valence-corrected chi connectivity index (χ2v) is 6.12. The van der Waals surface area contributed by atoms with E-state index in [-0.39, 0.29) is 13.2 Å². The number of nitrogens with zero attached hydrogens (tertiary/aromatic N) is 6. The predicted octanol–water partition coefficient (Wildman–Crippen LogP) is 2.93. The molecule has 3 aromatic rings. The third kappa shape index (κ3) is 4.71. The molecule has 0 aliphatic heterocycles. The molecule has 1 atom stereocenters. The van der Waals surface area contributed by atoms with Crippen molar-refractivity contribution in [1.29, 1.82) is 0 Å². The van der Waals surface area contributed by atoms with E-state index in [4.69, 9.17) is 5.11 Å². The van der Waals surface area contributed by atoms with Crippen molar-refractivity contribution in [3.8, 4) is 11.4 Å². The first-order valence-electron chi connectivity index (χ1n) is 8.56. The van der Waals surface area contributed by atoms with Gasteiger partial charge in [0.25, 0.3) is 0 Å². The van der Waals surface area contributed by atoms with Crippen molar-refractivity contribution in [3.63, 3.8) is 0 Å². The molecule has 2 aromatic heterocycles. The van der Waals surface area contributed by atoms with Crippen LogP contribution in [0.1, 0.15) is 30.4 Å². The lowest BCUT2D eigenvalue weighted by Crippen LogP contribution is -2.16. The van der Waals surface area contributed by atoms with E-state index in [2.05, 4.69) is 20.2 Å². The van der Waals surface area contributed by atoms with Gasteiger partial charge >= 0.3 is 6.18 Å². The Balaban J connectivity index is 1.86. The van der Waals surface area contributed by atoms with Gasteiger partial charge in [0.1, 0.15) is 19.2 Å². The van der Waals surface area contributed by atoms with Crippen LogP contribution in [0.25, 0.3) is 11.4 Å². The molecule has 1 unspecified atom stereocenters. The monoisotopic (exact) mass is 398 g/mol. The van der Waals surface area contributed by atoms with Crippen LogP contribution in [0.3, 0.4) is 0 Å². The fourth-order valence-corrected chi connectivity index (χ4v) is 2.65. The summed E-state index contributed by atoms with van der Waals surface area (Å²) in [6.45, 7) is 0.787. The third-order valence-electron chi connectivity index (χ3n) is 4.01. The maximum Gasteiger partial charge on any atom is 0.423 e. The minimum absolute atomic E-state index is 0.0415. The van der Waals surface area contributed by atoms with Crippen molar-refractivity contribution < 1.29 is 22.7 Å². The van der Waals surface area contributed by atoms with Crippen LogP contribution in [0, 0.1) is 0 Å². The smallest absolute Gasteiger partial charge is 0.396 e. The summed E-state index contributed by atoms with van der Waals surface area (Å²) in [4.78, 5) is 8.29. The number of benzene rings is 1. The average Bonchev–Trinajstić information content (AvgIpc) is 3.31. The molecule has 28 heavy (non-hydrogen) atoms. The van der Waals surface area contributed by atoms with Gasteiger partial charge < -0.3 is 5.11 Å². The summed E-state index contributed by atoms with van der Waals surface area (Å²) in [6.07, 6.45) is -3.87. The minimum Gasteiger partial charge on any atom is -0.396 e. The Morgan fingerprint density at radius 1 is 1.11 bits per heavy atom. The molecule has 0 radical (unpaired) electrons. The predicted molar refractivity (Wildman–Crippen MR) is 90.8 cm³/mol. The molecular weight excluding hydrogens is 380 g/mol. The van der Waals surface area contributed by atoms with Crippen molar-refractivity contribution in [2.24, 2.45) is 0 Å². The summed E-state index contributed by atoms with van der Waals surface area (Å²) in [5, 5.41) is 17.4. The zero-order valence-electron chi connectivity index (χ0n) is 14.7. The normalized spacial score (nSPS) is 13.0. The number of aromatic nitrogens is 6. The van der Waals surface area contributed by atoms with Crippen molar-refractivity contribution in [2.75, 3.05) is 6.61 Å². The average molecular weight is 398 g/mol. The molecular formula is C17H18F4N6O. The Morgan fingerprint density at radius 3 is 2.46 bits per heavy atom. The summed E-state index contributed by atoms with van der Waals surface area (Å²) < 4.78 is 54.3. The Kier molecular flexibility index (Phi) is 6.02. The number of rotatable bonds is 8. The third-order valence-corrected chi connectivity index (χ3v) is 4.01. The van der Waals surface area contributed by atoms with E-state index >= 15 is 0 Å². The van der Waals surface area contributed by atoms with Gasteiger partial charge in [-0.05, 0) is 18.4 Å². The number of aryl methyl sites for hydroxylation is 1. The fourth-order valence-electron chi connectivity index (χ4n) is 2.65. The number of halogens is 4. The molecule has 0 aliphatic rings. The SMILES string of the molecule is OCCCCn1nc(Cn2cncn2)nc1-c1ccc(C(F)C(F)(F)F)cc1. The highest BCUT2D eigenvalue weighted by molar-refractivity contribution is 5.56. The summed E-state index contributed by atoms with van der Waals surface area (Å²) in [5.74, 6) is 0.897. The second kappa shape index (κ2) is 8.46. The van der Waals surface area contributed by atoms with E-state index in [0.29, 0.717) is 36.6 Å². The number of alkyl halides is 4. The first-order valence-corrected chi connectivity index (χ1v) is 8.56. The molecule has 2 heterocycles. The number of hydrogen-bond donors (Lipinski definition) is 1. The summed E-state index contributed by atoms with van der Waals surface area (Å²) in [7, 11) is 0. The van der Waals surface area contributed by atoms with Crippen molar-refractivity contribution in [3.05, 3.63) is 48.3 Å². The topological polar surface area (TPSA) is 81.6 Å². The Morgan fingerprint density at radius 2 is 1.86 bits per heavy atom. The summed E-state index contributed by atoms with van der Waals surface area (Å²) >= 11 is 0. The highest BCUT2D eigenvalue weighted by atomic mass is 19.4. The van der Waals surface area contributed by atoms with Gasteiger partial charge in [-0.1, -0.05) is 24.3 Å². The number of unbranched alkanes of at least 4 members (excludes halogenated alkanes) is 1. The van der Waals surface area contributed by atoms with Gasteiger partial charge in [0.05, 0.1) is 0 Å². The van der Waals surface area contributed by atoms with Gasteiger partial charge in [-0.25, -0.2) is 23.7 Å². The molecule has 0 saturated heterocycles. The van der Waals surface area contributed by atoms with E-state index in [0.717, 1.165) is 12.1 Å². The molecule has 0 spiro atoms. The molecule has 0 fully saturated rings. The molecule has 0 amide bonds. The van der Waals surface area contributed by atoms with Crippen LogP contribution >= 0.6 is 0 Å². The molecule has 150 valence electrons. The van der Waals surface area contributed by atoms with E-state index in [1.807, 2.05) is 0 Å². The zero-order valence-corrected chi connectivity index (χ0v) is 14.7. The molecule has 3 rings (SSSR count). The zero-order chi connectivity index (χ0) is 20.1. The number of aliphatic hydroxyl groups excluding tert-OH is 1. The maximum absolute atomic E-state index is 13.5. The minimum atomic E-state index is -4.95. The van der Waals surface area contributed by atoms with Crippen molar-refractivity contribution in [2.45, 2.75) is 38.3 Å². The van der Waals surface area contributed by atoms with Gasteiger partial charge in [-0.3, -0.25) is 0 Å². The highest BCUT2D eigenvalue weighted by Gasteiger charge is 2.41. The first-order chi connectivity index (χ1) is 13.4. The van der Waals surface area contributed by atoms with Crippen LogP contribution in [0.5, 0.6) is 0 Å². The van der Waals surface area contributed by atoms with E-state index in [1.54, 1.807) is 4.68 Å². The maximum atomic E-state index is 13.5. The van der Waals surface area contributed by atoms with E-state index in [9.17, 15) is 17.6 Å². The largest absolute Gasteiger partial charge is 0.423 e. The Hall–Kier alpha value is -2.82. The van der Waals surface area contributed by atoms with Crippen LogP contribution in [0.2, 0.25) is 0 Å². The standard InChI is InChI=1S/C17H18F4N6O/c18-15(17(19,20)21)12-3-5-13(6-4-12)16-24-14(9-26-11-22-10-23-26)25-27(16)7-1-2-8-28/h3-6,10-11,15,28H,1-2,7-9H2. The van der Waals surface area contributed by atoms with Crippen molar-refractivity contribution >= 4 is 0 Å². The van der Waals surface area contributed by atoms with Gasteiger partial charge in [-0.2, -0.15) is 23.4 Å². The second-order valence-electron chi connectivity index (χ2n) is 6.12. The van der Waals surface area contributed by atoms with Gasteiger partial charge in [0.15, 0.2) is 11.6 Å². The quantitative estimate of drug-likeness (QED) is 0.466. The lowest BCUT2D eigenvalue weighted by Gasteiger charge is -2.13. The van der Waals surface area contributed by atoms with Crippen LogP contribution in [-0.4, -0.2) is 47.4 Å². The van der Waals surface area contributed by atoms with Gasteiger partial charge in [-0.15, -0.1) is 0 Å². The highest BCUT2D eigenvalue weighted by Crippen LogP contribution is 2.36. The lowest BCUT2D eigenvalue weighted by molar-refractivity contribution is -0.182. The van der Waals surface area contributed by atoms with Crippen LogP contribution in [0.4, 0.5) is 17.6 Å². The van der Waals surface area contributed by atoms with Crippen LogP contribution in [-0.2, 0) is 13.1 Å². The molecule has 0 aliphatic carbocycles. The number of aliphatic hydroxyl groups is 1. The Labute approximate surface area is 157 Å².